The van der Waals surface area contributed by atoms with Gasteiger partial charge >= 0.3 is 0 Å². The van der Waals surface area contributed by atoms with Crippen LogP contribution in [0.25, 0.3) is 6.08 Å². The largest absolute Gasteiger partial charge is 0.296 e. The van der Waals surface area contributed by atoms with Gasteiger partial charge in [-0.25, -0.2) is 4.99 Å². The van der Waals surface area contributed by atoms with E-state index in [0.717, 1.165) is 5.56 Å². The zero-order valence-corrected chi connectivity index (χ0v) is 10.3. The predicted octanol–water partition coefficient (Wildman–Crippen LogP) is 1.30. The van der Waals surface area contributed by atoms with Crippen molar-refractivity contribution in [1.82, 2.24) is 10.6 Å². The fraction of sp³-hybridized carbons (Fsp3) is 0.0833. The average Bonchev–Trinajstić information content (AvgIpc) is 2.61. The Kier molecular flexibility index (Phi) is 3.43. The summed E-state index contributed by atoms with van der Waals surface area (Å²) >= 11 is 5.76. The van der Waals surface area contributed by atoms with E-state index in [-0.39, 0.29) is 23.5 Å². The highest BCUT2D eigenvalue weighted by molar-refractivity contribution is 6.30. The minimum atomic E-state index is -0.353. The number of rotatable bonds is 1. The second-order valence-corrected chi connectivity index (χ2v) is 4.11. The van der Waals surface area contributed by atoms with Crippen molar-refractivity contribution in [2.45, 2.75) is 6.92 Å². The number of carbonyl (C=O) groups is 2. The number of hydrogen-bond acceptors (Lipinski definition) is 3. The normalized spacial score (nSPS) is 16.4. The molecule has 18 heavy (non-hydrogen) atoms. The van der Waals surface area contributed by atoms with Crippen LogP contribution in [0.5, 0.6) is 0 Å². The molecule has 1 aliphatic heterocycles. The highest BCUT2D eigenvalue weighted by Gasteiger charge is 2.20. The molecule has 1 aromatic rings. The summed E-state index contributed by atoms with van der Waals surface area (Å²) in [5.74, 6) is -0.497. The van der Waals surface area contributed by atoms with E-state index in [1.165, 1.54) is 6.92 Å². The number of guanidine groups is 1. The molecule has 2 amide bonds. The summed E-state index contributed by atoms with van der Waals surface area (Å²) < 4.78 is 0. The van der Waals surface area contributed by atoms with Crippen LogP contribution in [0.3, 0.4) is 0 Å². The van der Waals surface area contributed by atoms with Crippen LogP contribution >= 0.6 is 11.6 Å². The van der Waals surface area contributed by atoms with Gasteiger partial charge in [-0.3, -0.25) is 20.2 Å². The van der Waals surface area contributed by atoms with Crippen LogP contribution in [0.15, 0.2) is 35.0 Å². The molecule has 0 unspecified atom stereocenters. The van der Waals surface area contributed by atoms with Gasteiger partial charge in [0.2, 0.25) is 11.9 Å². The number of hydrogen-bond donors (Lipinski definition) is 2. The van der Waals surface area contributed by atoms with Crippen molar-refractivity contribution in [3.8, 4) is 0 Å². The maximum atomic E-state index is 11.6. The number of halogens is 1. The lowest BCUT2D eigenvalue weighted by Gasteiger charge is -1.97. The molecule has 0 saturated carbocycles. The molecule has 0 fully saturated rings. The van der Waals surface area contributed by atoms with Gasteiger partial charge in [-0.05, 0) is 23.8 Å². The smallest absolute Gasteiger partial charge is 0.276 e. The van der Waals surface area contributed by atoms with Gasteiger partial charge in [0.05, 0.1) is 0 Å². The molecular formula is C12H10ClN3O2. The lowest BCUT2D eigenvalue weighted by molar-refractivity contribution is -0.117. The topological polar surface area (TPSA) is 70.6 Å². The molecule has 1 aliphatic rings. The summed E-state index contributed by atoms with van der Waals surface area (Å²) in [4.78, 5) is 26.4. The van der Waals surface area contributed by atoms with Crippen LogP contribution in [-0.4, -0.2) is 17.8 Å². The molecular weight excluding hydrogens is 254 g/mol. The number of nitrogens with zero attached hydrogens (tertiary/aromatic N) is 1. The highest BCUT2D eigenvalue weighted by Crippen LogP contribution is 2.14. The van der Waals surface area contributed by atoms with Crippen LogP contribution in [-0.2, 0) is 9.59 Å². The van der Waals surface area contributed by atoms with Gasteiger partial charge in [0.25, 0.3) is 5.91 Å². The van der Waals surface area contributed by atoms with E-state index < -0.39 is 0 Å². The first-order valence-electron chi connectivity index (χ1n) is 5.19. The molecule has 0 bridgehead atoms. The lowest BCUT2D eigenvalue weighted by Crippen LogP contribution is -2.38. The quantitative estimate of drug-likeness (QED) is 0.750. The van der Waals surface area contributed by atoms with Crippen molar-refractivity contribution in [2.24, 2.45) is 4.99 Å². The Morgan fingerprint density at radius 3 is 2.67 bits per heavy atom. The van der Waals surface area contributed by atoms with Gasteiger partial charge in [0.15, 0.2) is 0 Å². The summed E-state index contributed by atoms with van der Waals surface area (Å²) in [6.07, 6.45) is 1.61. The maximum Gasteiger partial charge on any atom is 0.276 e. The van der Waals surface area contributed by atoms with Gasteiger partial charge in [-0.15, -0.1) is 0 Å². The molecule has 5 nitrogen and oxygen atoms in total. The Labute approximate surface area is 109 Å². The molecule has 1 aromatic carbocycles. The summed E-state index contributed by atoms with van der Waals surface area (Å²) in [5.41, 5.74) is 1.04. The average molecular weight is 264 g/mol. The van der Waals surface area contributed by atoms with E-state index in [2.05, 4.69) is 15.6 Å². The van der Waals surface area contributed by atoms with Crippen molar-refractivity contribution in [2.75, 3.05) is 0 Å². The number of aliphatic imine (C=N–C) groups is 1. The second-order valence-electron chi connectivity index (χ2n) is 3.68. The van der Waals surface area contributed by atoms with Crippen LogP contribution in [0, 0.1) is 0 Å². The molecule has 0 radical (unpaired) electrons. The van der Waals surface area contributed by atoms with Gasteiger partial charge in [0.1, 0.15) is 5.70 Å². The first kappa shape index (κ1) is 12.3. The van der Waals surface area contributed by atoms with Gasteiger partial charge < -0.3 is 0 Å². The minimum absolute atomic E-state index is 0.146. The highest BCUT2D eigenvalue weighted by atomic mass is 35.5. The first-order valence-corrected chi connectivity index (χ1v) is 5.57. The summed E-state index contributed by atoms with van der Waals surface area (Å²) in [5, 5.41) is 5.49. The van der Waals surface area contributed by atoms with Gasteiger partial charge in [0, 0.05) is 11.9 Å². The van der Waals surface area contributed by atoms with E-state index in [9.17, 15) is 9.59 Å². The van der Waals surface area contributed by atoms with Crippen molar-refractivity contribution in [3.05, 3.63) is 40.5 Å². The standard InChI is InChI=1S/C12H10ClN3O2/c1-7(17)14-12-15-10(11(18)16-12)6-8-2-4-9(13)5-3-8/h2-6H,1H3,(H2,14,15,16,17,18). The predicted molar refractivity (Wildman–Crippen MR) is 68.8 cm³/mol. The molecule has 0 aromatic heterocycles. The maximum absolute atomic E-state index is 11.6. The fourth-order valence-corrected chi connectivity index (χ4v) is 1.54. The Hall–Kier alpha value is -2.14. The van der Waals surface area contributed by atoms with Crippen molar-refractivity contribution in [3.63, 3.8) is 0 Å². The molecule has 92 valence electrons. The van der Waals surface area contributed by atoms with E-state index in [1.54, 1.807) is 30.3 Å². The molecule has 2 rings (SSSR count). The minimum Gasteiger partial charge on any atom is -0.296 e. The number of benzene rings is 1. The number of nitrogens with one attached hydrogen (secondary N) is 2. The number of amides is 2. The zero-order chi connectivity index (χ0) is 13.1. The molecule has 6 heteroatoms. The van der Waals surface area contributed by atoms with Crippen LogP contribution in [0.2, 0.25) is 5.02 Å². The summed E-state index contributed by atoms with van der Waals surface area (Å²) in [6, 6.07) is 6.99. The molecule has 0 atom stereocenters. The van der Waals surface area contributed by atoms with Crippen LogP contribution in [0.1, 0.15) is 12.5 Å². The monoisotopic (exact) mass is 263 g/mol. The SMILES string of the molecule is CC(=O)NC1=NC(=Cc2ccc(Cl)cc2)C(=O)N1. The third-order valence-corrected chi connectivity index (χ3v) is 2.42. The van der Waals surface area contributed by atoms with Crippen LogP contribution in [0.4, 0.5) is 0 Å². The van der Waals surface area contributed by atoms with Gasteiger partial charge in [-0.1, -0.05) is 23.7 Å². The molecule has 0 aliphatic carbocycles. The van der Waals surface area contributed by atoms with E-state index in [1.807, 2.05) is 0 Å². The fourth-order valence-electron chi connectivity index (χ4n) is 1.41. The first-order chi connectivity index (χ1) is 8.54. The summed E-state index contributed by atoms with van der Waals surface area (Å²) in [6.45, 7) is 1.34. The van der Waals surface area contributed by atoms with E-state index >= 15 is 0 Å². The molecule has 0 spiro atoms. The lowest BCUT2D eigenvalue weighted by atomic mass is 10.2. The zero-order valence-electron chi connectivity index (χ0n) is 9.53. The summed E-state index contributed by atoms with van der Waals surface area (Å²) in [7, 11) is 0. The molecule has 0 saturated heterocycles. The number of carbonyl (C=O) groups excluding carboxylic acids is 2. The van der Waals surface area contributed by atoms with E-state index in [0.29, 0.717) is 5.02 Å². The van der Waals surface area contributed by atoms with Gasteiger partial charge in [-0.2, -0.15) is 0 Å². The van der Waals surface area contributed by atoms with Crippen molar-refractivity contribution in [1.29, 1.82) is 0 Å². The molecule has 1 heterocycles. The third-order valence-electron chi connectivity index (χ3n) is 2.16. The van der Waals surface area contributed by atoms with Crippen molar-refractivity contribution < 1.29 is 9.59 Å². The molecule has 2 N–H and O–H groups in total. The Bertz CT molecular complexity index is 561. The Morgan fingerprint density at radius 2 is 2.06 bits per heavy atom. The Balaban J connectivity index is 2.22. The third kappa shape index (κ3) is 2.95. The van der Waals surface area contributed by atoms with E-state index in [4.69, 9.17) is 11.6 Å². The van der Waals surface area contributed by atoms with Crippen molar-refractivity contribution >= 4 is 35.5 Å². The van der Waals surface area contributed by atoms with Crippen LogP contribution < -0.4 is 10.6 Å². The Morgan fingerprint density at radius 1 is 1.39 bits per heavy atom. The second kappa shape index (κ2) is 5.01.